The van der Waals surface area contributed by atoms with E-state index in [2.05, 4.69) is 0 Å². The van der Waals surface area contributed by atoms with Crippen LogP contribution in [0, 0.1) is 12.7 Å². The summed E-state index contributed by atoms with van der Waals surface area (Å²) in [6.45, 7) is 1.62. The normalized spacial score (nSPS) is 27.0. The molecule has 1 saturated heterocycles. The zero-order valence-electron chi connectivity index (χ0n) is 9.26. The van der Waals surface area contributed by atoms with Gasteiger partial charge in [-0.1, -0.05) is 6.07 Å². The van der Waals surface area contributed by atoms with Gasteiger partial charge in [0.15, 0.2) is 9.84 Å². The Hall–Kier alpha value is -1.14. The summed E-state index contributed by atoms with van der Waals surface area (Å²) in [6, 6.07) is 4.28. The highest BCUT2D eigenvalue weighted by Crippen LogP contribution is 2.22. The van der Waals surface area contributed by atoms with Crippen LogP contribution in [-0.4, -0.2) is 37.2 Å². The molecule has 0 bridgehead atoms. The number of hydrogen-bond donors (Lipinski definition) is 1. The molecule has 1 N–H and O–H groups in total. The molecular formula is C11H13FO4S. The monoisotopic (exact) mass is 260 g/mol. The Kier molecular flexibility index (Phi) is 3.09. The maximum absolute atomic E-state index is 13.2. The predicted octanol–water partition coefficient (Wildman–Crippen LogP) is 0.671. The third-order valence-electron chi connectivity index (χ3n) is 2.70. The molecule has 2 rings (SSSR count). The van der Waals surface area contributed by atoms with Crippen LogP contribution in [-0.2, 0) is 9.84 Å². The number of sulfone groups is 1. The summed E-state index contributed by atoms with van der Waals surface area (Å²) in [4.78, 5) is 0. The zero-order valence-corrected chi connectivity index (χ0v) is 10.1. The fourth-order valence-electron chi connectivity index (χ4n) is 1.73. The number of aryl methyl sites for hydroxylation is 1. The van der Waals surface area contributed by atoms with Crippen LogP contribution in [0.15, 0.2) is 18.2 Å². The topological polar surface area (TPSA) is 63.6 Å². The van der Waals surface area contributed by atoms with Crippen molar-refractivity contribution >= 4 is 9.84 Å². The van der Waals surface area contributed by atoms with Gasteiger partial charge in [-0.3, -0.25) is 0 Å². The Morgan fingerprint density at radius 3 is 2.65 bits per heavy atom. The van der Waals surface area contributed by atoms with E-state index in [1.54, 1.807) is 19.1 Å². The van der Waals surface area contributed by atoms with Crippen molar-refractivity contribution in [3.05, 3.63) is 29.6 Å². The molecule has 0 aliphatic carbocycles. The highest BCUT2D eigenvalue weighted by molar-refractivity contribution is 7.91. The maximum Gasteiger partial charge on any atom is 0.156 e. The third kappa shape index (κ3) is 2.76. The van der Waals surface area contributed by atoms with Gasteiger partial charge in [0.25, 0.3) is 0 Å². The SMILES string of the molecule is Cc1ccc(OC2CS(=O)(=O)CC2O)cc1F. The molecule has 2 atom stereocenters. The van der Waals surface area contributed by atoms with Crippen LogP contribution in [0.5, 0.6) is 5.75 Å². The number of halogens is 1. The lowest BCUT2D eigenvalue weighted by atomic mass is 10.2. The van der Waals surface area contributed by atoms with E-state index in [0.717, 1.165) is 0 Å². The maximum atomic E-state index is 13.2. The Morgan fingerprint density at radius 1 is 1.41 bits per heavy atom. The fourth-order valence-corrected chi connectivity index (χ4v) is 3.39. The first-order chi connectivity index (χ1) is 7.87. The summed E-state index contributed by atoms with van der Waals surface area (Å²) in [7, 11) is -3.25. The average Bonchev–Trinajstić information content (AvgIpc) is 2.46. The third-order valence-corrected chi connectivity index (χ3v) is 4.39. The second kappa shape index (κ2) is 4.27. The van der Waals surface area contributed by atoms with Crippen molar-refractivity contribution < 1.29 is 22.7 Å². The second-order valence-electron chi connectivity index (χ2n) is 4.21. The molecule has 1 aromatic carbocycles. The fraction of sp³-hybridized carbons (Fsp3) is 0.455. The minimum Gasteiger partial charge on any atom is -0.487 e. The molecule has 1 aliphatic heterocycles. The van der Waals surface area contributed by atoms with Gasteiger partial charge in [0.05, 0.1) is 11.5 Å². The highest BCUT2D eigenvalue weighted by atomic mass is 32.2. The minimum atomic E-state index is -3.25. The van der Waals surface area contributed by atoms with E-state index in [4.69, 9.17) is 4.74 Å². The molecule has 4 nitrogen and oxygen atoms in total. The van der Waals surface area contributed by atoms with E-state index in [1.165, 1.54) is 6.07 Å². The molecule has 17 heavy (non-hydrogen) atoms. The molecule has 0 saturated carbocycles. The van der Waals surface area contributed by atoms with E-state index in [9.17, 15) is 17.9 Å². The van der Waals surface area contributed by atoms with Gasteiger partial charge >= 0.3 is 0 Å². The Labute approximate surface area is 98.9 Å². The van der Waals surface area contributed by atoms with Crippen LogP contribution in [0.1, 0.15) is 5.56 Å². The van der Waals surface area contributed by atoms with Crippen molar-refractivity contribution in [2.45, 2.75) is 19.1 Å². The van der Waals surface area contributed by atoms with Gasteiger partial charge in [0.2, 0.25) is 0 Å². The summed E-state index contributed by atoms with van der Waals surface area (Å²) in [6.07, 6.45) is -1.87. The van der Waals surface area contributed by atoms with E-state index < -0.39 is 27.9 Å². The van der Waals surface area contributed by atoms with E-state index in [0.29, 0.717) is 5.56 Å². The van der Waals surface area contributed by atoms with Gasteiger partial charge in [-0.25, -0.2) is 12.8 Å². The zero-order chi connectivity index (χ0) is 12.6. The van der Waals surface area contributed by atoms with Crippen molar-refractivity contribution in [2.75, 3.05) is 11.5 Å². The molecule has 1 heterocycles. The Balaban J connectivity index is 2.14. The molecular weight excluding hydrogens is 247 g/mol. The smallest absolute Gasteiger partial charge is 0.156 e. The number of aliphatic hydroxyl groups is 1. The van der Waals surface area contributed by atoms with Crippen LogP contribution in [0.3, 0.4) is 0 Å². The lowest BCUT2D eigenvalue weighted by Crippen LogP contribution is -2.29. The first-order valence-corrected chi connectivity index (χ1v) is 7.01. The van der Waals surface area contributed by atoms with Crippen LogP contribution < -0.4 is 4.74 Å². The van der Waals surface area contributed by atoms with Gasteiger partial charge in [-0.05, 0) is 18.6 Å². The van der Waals surface area contributed by atoms with E-state index in [-0.39, 0.29) is 17.3 Å². The van der Waals surface area contributed by atoms with Crippen molar-refractivity contribution in [3.63, 3.8) is 0 Å². The van der Waals surface area contributed by atoms with E-state index in [1.807, 2.05) is 0 Å². The lowest BCUT2D eigenvalue weighted by molar-refractivity contribution is 0.0735. The largest absolute Gasteiger partial charge is 0.487 e. The molecule has 2 unspecified atom stereocenters. The van der Waals surface area contributed by atoms with Crippen molar-refractivity contribution in [1.82, 2.24) is 0 Å². The van der Waals surface area contributed by atoms with Crippen LogP contribution in [0.4, 0.5) is 4.39 Å². The minimum absolute atomic E-state index is 0.231. The van der Waals surface area contributed by atoms with Gasteiger partial charge in [0.1, 0.15) is 23.8 Å². The summed E-state index contributed by atoms with van der Waals surface area (Å²) in [5.74, 6) is -0.720. The molecule has 0 amide bonds. The molecule has 1 aromatic rings. The quantitative estimate of drug-likeness (QED) is 0.849. The van der Waals surface area contributed by atoms with Crippen molar-refractivity contribution in [1.29, 1.82) is 0 Å². The van der Waals surface area contributed by atoms with Gasteiger partial charge < -0.3 is 9.84 Å². The summed E-state index contributed by atoms with van der Waals surface area (Å²) < 4.78 is 41.0. The number of rotatable bonds is 2. The van der Waals surface area contributed by atoms with Gasteiger partial charge in [-0.15, -0.1) is 0 Å². The molecule has 0 spiro atoms. The van der Waals surface area contributed by atoms with Crippen molar-refractivity contribution in [3.8, 4) is 5.75 Å². The highest BCUT2D eigenvalue weighted by Gasteiger charge is 2.38. The summed E-state index contributed by atoms with van der Waals surface area (Å²) >= 11 is 0. The van der Waals surface area contributed by atoms with Gasteiger partial charge in [0, 0.05) is 6.07 Å². The van der Waals surface area contributed by atoms with Crippen LogP contribution >= 0.6 is 0 Å². The molecule has 1 aliphatic rings. The molecule has 1 fully saturated rings. The molecule has 6 heteroatoms. The summed E-state index contributed by atoms with van der Waals surface area (Å²) in [5, 5.41) is 9.51. The van der Waals surface area contributed by atoms with Crippen LogP contribution in [0.25, 0.3) is 0 Å². The van der Waals surface area contributed by atoms with Crippen LogP contribution in [0.2, 0.25) is 0 Å². The number of aliphatic hydroxyl groups excluding tert-OH is 1. The standard InChI is InChI=1S/C11H13FO4S/c1-7-2-3-8(4-9(7)12)16-11-6-17(14,15)5-10(11)13/h2-4,10-11,13H,5-6H2,1H3. The lowest BCUT2D eigenvalue weighted by Gasteiger charge is -2.15. The first-order valence-electron chi connectivity index (χ1n) is 5.19. The molecule has 0 aromatic heterocycles. The van der Waals surface area contributed by atoms with Gasteiger partial charge in [-0.2, -0.15) is 0 Å². The second-order valence-corrected chi connectivity index (χ2v) is 6.37. The number of hydrogen-bond acceptors (Lipinski definition) is 4. The number of ether oxygens (including phenoxy) is 1. The van der Waals surface area contributed by atoms with Crippen molar-refractivity contribution in [2.24, 2.45) is 0 Å². The molecule has 94 valence electrons. The average molecular weight is 260 g/mol. The Bertz CT molecular complexity index is 526. The Morgan fingerprint density at radius 2 is 2.12 bits per heavy atom. The predicted molar refractivity (Wildman–Crippen MR) is 60.2 cm³/mol. The summed E-state index contributed by atoms with van der Waals surface area (Å²) in [5.41, 5.74) is 0.483. The number of benzene rings is 1. The van der Waals surface area contributed by atoms with E-state index >= 15 is 0 Å². The molecule has 0 radical (unpaired) electrons. The first kappa shape index (κ1) is 12.3.